The molecule has 0 aliphatic rings. The summed E-state index contributed by atoms with van der Waals surface area (Å²) in [6, 6.07) is 0.973. The third-order valence-corrected chi connectivity index (χ3v) is 2.88. The monoisotopic (exact) mass is 318 g/mol. The number of hydrogen-bond acceptors (Lipinski definition) is 3. The average molecular weight is 319 g/mol. The van der Waals surface area contributed by atoms with Crippen LogP contribution >= 0.6 is 23.2 Å². The molecule has 4 nitrogen and oxygen atoms in total. The van der Waals surface area contributed by atoms with E-state index >= 15 is 0 Å². The molecule has 1 aromatic carbocycles. The maximum atomic E-state index is 12.4. The van der Waals surface area contributed by atoms with E-state index in [-0.39, 0.29) is 0 Å². The molecule has 0 saturated heterocycles. The fraction of sp³-hybridized carbons (Fsp3) is 0.300. The van der Waals surface area contributed by atoms with Gasteiger partial charge in [-0.05, 0) is 12.1 Å². The summed E-state index contributed by atoms with van der Waals surface area (Å²) in [4.78, 5) is 10.5. The number of carboxylic acid groups (broad SMARTS) is 1. The highest BCUT2D eigenvalue weighted by Crippen LogP contribution is 2.38. The minimum absolute atomic E-state index is 0.480. The quantitative estimate of drug-likeness (QED) is 0.800. The predicted molar refractivity (Wildman–Crippen MR) is 60.1 cm³/mol. The molecule has 1 rings (SSSR count). The lowest BCUT2D eigenvalue weighted by molar-refractivity contribution is -0.153. The molecule has 2 unspecified atom stereocenters. The summed E-state index contributed by atoms with van der Waals surface area (Å²) in [7, 11) is 0. The van der Waals surface area contributed by atoms with E-state index < -0.39 is 45.5 Å². The number of benzene rings is 1. The van der Waals surface area contributed by atoms with E-state index in [9.17, 15) is 23.1 Å². The van der Waals surface area contributed by atoms with Gasteiger partial charge in [0.05, 0.1) is 5.56 Å². The van der Waals surface area contributed by atoms with Gasteiger partial charge in [-0.15, -0.1) is 0 Å². The number of aliphatic carboxylic acids is 1. The zero-order chi connectivity index (χ0) is 15.0. The molecule has 0 fully saturated rings. The van der Waals surface area contributed by atoms with Crippen LogP contribution in [-0.2, 0) is 11.0 Å². The van der Waals surface area contributed by atoms with Crippen LogP contribution in [0.15, 0.2) is 12.1 Å². The molecule has 2 atom stereocenters. The molecule has 0 amide bonds. The van der Waals surface area contributed by atoms with Crippen molar-refractivity contribution >= 4 is 29.2 Å². The third kappa shape index (κ3) is 3.50. The second kappa shape index (κ2) is 5.54. The van der Waals surface area contributed by atoms with Crippen molar-refractivity contribution < 1.29 is 33.3 Å². The highest BCUT2D eigenvalue weighted by molar-refractivity contribution is 6.36. The van der Waals surface area contributed by atoms with Gasteiger partial charge in [0.1, 0.15) is 6.10 Å². The molecule has 0 aliphatic heterocycles. The first-order chi connectivity index (χ1) is 8.55. The van der Waals surface area contributed by atoms with E-state index in [1.54, 1.807) is 0 Å². The lowest BCUT2D eigenvalue weighted by atomic mass is 10.0. The van der Waals surface area contributed by atoms with Crippen LogP contribution in [-0.4, -0.2) is 27.4 Å². The number of carboxylic acids is 1. The summed E-state index contributed by atoms with van der Waals surface area (Å²) in [5, 5.41) is 26.0. The van der Waals surface area contributed by atoms with Crippen molar-refractivity contribution in [3.05, 3.63) is 33.3 Å². The predicted octanol–water partition coefficient (Wildman–Crippen LogP) is 2.49. The van der Waals surface area contributed by atoms with Gasteiger partial charge in [-0.1, -0.05) is 23.2 Å². The average Bonchev–Trinajstić information content (AvgIpc) is 2.25. The maximum absolute atomic E-state index is 12.4. The second-order valence-corrected chi connectivity index (χ2v) is 4.39. The molecule has 0 bridgehead atoms. The molecular weight excluding hydrogens is 312 g/mol. The summed E-state index contributed by atoms with van der Waals surface area (Å²) < 4.78 is 37.3. The van der Waals surface area contributed by atoms with Gasteiger partial charge in [0.25, 0.3) is 0 Å². The first-order valence-corrected chi connectivity index (χ1v) is 5.46. The Morgan fingerprint density at radius 1 is 1.16 bits per heavy atom. The SMILES string of the molecule is O=C(O)C(O)C(O)c1c(Cl)cc(C(F)(F)F)cc1Cl. The van der Waals surface area contributed by atoms with Crippen LogP contribution in [0, 0.1) is 0 Å². The molecule has 9 heteroatoms. The number of carbonyl (C=O) groups is 1. The normalized spacial score (nSPS) is 15.1. The topological polar surface area (TPSA) is 77.8 Å². The zero-order valence-corrected chi connectivity index (χ0v) is 10.5. The van der Waals surface area contributed by atoms with Crippen molar-refractivity contribution in [3.63, 3.8) is 0 Å². The summed E-state index contributed by atoms with van der Waals surface area (Å²) in [6.45, 7) is 0. The van der Waals surface area contributed by atoms with E-state index in [2.05, 4.69) is 0 Å². The van der Waals surface area contributed by atoms with Crippen LogP contribution in [0.3, 0.4) is 0 Å². The van der Waals surface area contributed by atoms with Crippen LogP contribution in [0.5, 0.6) is 0 Å². The molecule has 1 aromatic rings. The Morgan fingerprint density at radius 3 is 1.89 bits per heavy atom. The molecule has 19 heavy (non-hydrogen) atoms. The molecule has 0 radical (unpaired) electrons. The number of aliphatic hydroxyl groups is 2. The fourth-order valence-electron chi connectivity index (χ4n) is 1.32. The molecular formula is C10H7Cl2F3O4. The Labute approximate surface area is 115 Å². The van der Waals surface area contributed by atoms with E-state index in [0.29, 0.717) is 12.1 Å². The van der Waals surface area contributed by atoms with Gasteiger partial charge in [0.15, 0.2) is 6.10 Å². The van der Waals surface area contributed by atoms with Crippen molar-refractivity contribution in [2.45, 2.75) is 18.4 Å². The zero-order valence-electron chi connectivity index (χ0n) is 8.95. The smallest absolute Gasteiger partial charge is 0.416 e. The van der Waals surface area contributed by atoms with Crippen LogP contribution in [0.25, 0.3) is 0 Å². The van der Waals surface area contributed by atoms with Crippen molar-refractivity contribution in [3.8, 4) is 0 Å². The van der Waals surface area contributed by atoms with Crippen LogP contribution in [0.2, 0.25) is 10.0 Å². The Balaban J connectivity index is 3.28. The Kier molecular flexibility index (Phi) is 4.67. The summed E-state index contributed by atoms with van der Waals surface area (Å²) in [5.41, 5.74) is -1.63. The van der Waals surface area contributed by atoms with Crippen molar-refractivity contribution in [2.24, 2.45) is 0 Å². The number of rotatable bonds is 3. The number of aliphatic hydroxyl groups excluding tert-OH is 2. The summed E-state index contributed by atoms with van der Waals surface area (Å²) in [5.74, 6) is -1.76. The van der Waals surface area contributed by atoms with Crippen LogP contribution in [0.4, 0.5) is 13.2 Å². The van der Waals surface area contributed by atoms with Crippen molar-refractivity contribution in [1.82, 2.24) is 0 Å². The standard InChI is InChI=1S/C10H7Cl2F3O4/c11-4-1-3(10(13,14)15)2-5(12)6(4)7(16)8(17)9(18)19/h1-2,7-8,16-17H,(H,18,19). The van der Waals surface area contributed by atoms with Gasteiger partial charge < -0.3 is 15.3 Å². The summed E-state index contributed by atoms with van der Waals surface area (Å²) in [6.07, 6.45) is -8.99. The molecule has 0 aromatic heterocycles. The molecule has 0 aliphatic carbocycles. The maximum Gasteiger partial charge on any atom is 0.416 e. The number of hydrogen-bond donors (Lipinski definition) is 3. The lowest BCUT2D eigenvalue weighted by Crippen LogP contribution is -2.28. The second-order valence-electron chi connectivity index (χ2n) is 3.58. The van der Waals surface area contributed by atoms with Gasteiger partial charge >= 0.3 is 12.1 Å². The number of halogens is 5. The largest absolute Gasteiger partial charge is 0.479 e. The van der Waals surface area contributed by atoms with E-state index in [4.69, 9.17) is 33.4 Å². The fourth-order valence-corrected chi connectivity index (χ4v) is 2.03. The van der Waals surface area contributed by atoms with Gasteiger partial charge in [0, 0.05) is 15.6 Å². The van der Waals surface area contributed by atoms with Crippen LogP contribution < -0.4 is 0 Å². The molecule has 0 heterocycles. The van der Waals surface area contributed by atoms with Crippen molar-refractivity contribution in [1.29, 1.82) is 0 Å². The third-order valence-electron chi connectivity index (χ3n) is 2.25. The van der Waals surface area contributed by atoms with E-state index in [1.807, 2.05) is 0 Å². The minimum Gasteiger partial charge on any atom is -0.479 e. The highest BCUT2D eigenvalue weighted by atomic mass is 35.5. The Hall–Kier alpha value is -1.02. The Morgan fingerprint density at radius 2 is 1.58 bits per heavy atom. The van der Waals surface area contributed by atoms with Gasteiger partial charge in [-0.2, -0.15) is 13.2 Å². The van der Waals surface area contributed by atoms with Crippen LogP contribution in [0.1, 0.15) is 17.2 Å². The summed E-state index contributed by atoms with van der Waals surface area (Å²) >= 11 is 11.1. The molecule has 106 valence electrons. The molecule has 3 N–H and O–H groups in total. The van der Waals surface area contributed by atoms with Gasteiger partial charge in [-0.3, -0.25) is 0 Å². The number of alkyl halides is 3. The minimum atomic E-state index is -4.69. The van der Waals surface area contributed by atoms with E-state index in [1.165, 1.54) is 0 Å². The molecule has 0 saturated carbocycles. The van der Waals surface area contributed by atoms with Gasteiger partial charge in [0.2, 0.25) is 0 Å². The highest BCUT2D eigenvalue weighted by Gasteiger charge is 2.34. The first-order valence-electron chi connectivity index (χ1n) is 4.70. The lowest BCUT2D eigenvalue weighted by Gasteiger charge is -2.18. The Bertz CT molecular complexity index is 481. The van der Waals surface area contributed by atoms with E-state index in [0.717, 1.165) is 0 Å². The molecule has 0 spiro atoms. The first kappa shape index (κ1) is 16.0. The van der Waals surface area contributed by atoms with Gasteiger partial charge in [-0.25, -0.2) is 4.79 Å². The van der Waals surface area contributed by atoms with Crippen molar-refractivity contribution in [2.75, 3.05) is 0 Å².